The minimum absolute atomic E-state index is 0.323. The first-order valence-corrected chi connectivity index (χ1v) is 3.73. The molecule has 0 rings (SSSR count). The van der Waals surface area contributed by atoms with Gasteiger partial charge in [-0.2, -0.15) is 0 Å². The lowest BCUT2D eigenvalue weighted by Crippen LogP contribution is -2.43. The molecule has 62 valence electrons. The van der Waals surface area contributed by atoms with Crippen molar-refractivity contribution in [2.45, 2.75) is 24.5 Å². The van der Waals surface area contributed by atoms with Crippen molar-refractivity contribution in [3.8, 4) is 0 Å². The lowest BCUT2D eigenvalue weighted by atomic mass is 10.2. The van der Waals surface area contributed by atoms with Crippen LogP contribution in [-0.2, 0) is 11.1 Å². The fourth-order valence-corrected chi connectivity index (χ4v) is 0.725. The fraction of sp³-hybridized carbons (Fsp3) is 1.00. The summed E-state index contributed by atoms with van der Waals surface area (Å²) in [5.41, 5.74) is 5.19. The molecule has 0 saturated heterocycles. The molecule has 6 heteroatoms. The zero-order valence-electron chi connectivity index (χ0n) is 5.52. The highest BCUT2D eigenvalue weighted by atomic mass is 32.2. The lowest BCUT2D eigenvalue weighted by Gasteiger charge is -2.20. The van der Waals surface area contributed by atoms with E-state index in [1.165, 1.54) is 6.92 Å². The Morgan fingerprint density at radius 1 is 1.70 bits per heavy atom. The first-order valence-electron chi connectivity index (χ1n) is 2.62. The van der Waals surface area contributed by atoms with Gasteiger partial charge in [0.1, 0.15) is 4.87 Å². The molecule has 0 saturated carbocycles. The van der Waals surface area contributed by atoms with Gasteiger partial charge in [-0.25, -0.2) is 4.21 Å². The maximum Gasteiger partial charge on any atom is 0.173 e. The smallest absolute Gasteiger partial charge is 0.173 e. The summed E-state index contributed by atoms with van der Waals surface area (Å²) in [6, 6.07) is 0. The molecule has 2 atom stereocenters. The van der Waals surface area contributed by atoms with Crippen LogP contribution in [0.5, 0.6) is 0 Å². The van der Waals surface area contributed by atoms with E-state index >= 15 is 0 Å². The predicted molar refractivity (Wildman–Crippen MR) is 36.2 cm³/mol. The topological polar surface area (TPSA) is 104 Å². The van der Waals surface area contributed by atoms with Crippen LogP contribution in [0.1, 0.15) is 13.3 Å². The first kappa shape index (κ1) is 9.99. The Kier molecular flexibility index (Phi) is 3.40. The second-order valence-electron chi connectivity index (χ2n) is 2.25. The Labute approximate surface area is 61.1 Å². The molecular weight excluding hydrogens is 158 g/mol. The van der Waals surface area contributed by atoms with Crippen LogP contribution in [0.25, 0.3) is 0 Å². The minimum atomic E-state index is -2.24. The third kappa shape index (κ3) is 3.23. The summed E-state index contributed by atoms with van der Waals surface area (Å²) in [6.07, 6.45) is -1.97. The van der Waals surface area contributed by atoms with E-state index in [9.17, 15) is 4.21 Å². The van der Waals surface area contributed by atoms with Crippen LogP contribution in [0, 0.1) is 0 Å². The summed E-state index contributed by atoms with van der Waals surface area (Å²) in [7, 11) is 0. The third-order valence-corrected chi connectivity index (χ3v) is 1.95. The molecular formula is C4H11NO4S. The minimum Gasteiger partial charge on any atom is -0.368 e. The van der Waals surface area contributed by atoms with Crippen molar-refractivity contribution >= 4 is 11.1 Å². The van der Waals surface area contributed by atoms with Gasteiger partial charge in [-0.15, -0.1) is 0 Å². The van der Waals surface area contributed by atoms with Crippen molar-refractivity contribution < 1.29 is 19.0 Å². The van der Waals surface area contributed by atoms with Crippen molar-refractivity contribution in [1.29, 1.82) is 0 Å². The van der Waals surface area contributed by atoms with Crippen LogP contribution in [0.3, 0.4) is 0 Å². The molecule has 0 aliphatic heterocycles. The number of nitrogens with two attached hydrogens (primary N) is 1. The molecule has 0 aromatic carbocycles. The summed E-state index contributed by atoms with van der Waals surface area (Å²) in [5, 5.41) is 16.7. The van der Waals surface area contributed by atoms with E-state index in [0.717, 1.165) is 0 Å². The van der Waals surface area contributed by atoms with Crippen LogP contribution in [0.15, 0.2) is 0 Å². The van der Waals surface area contributed by atoms with Gasteiger partial charge in [0.25, 0.3) is 0 Å². The van der Waals surface area contributed by atoms with Crippen LogP contribution in [0.4, 0.5) is 0 Å². The molecule has 0 aromatic rings. The second-order valence-corrected chi connectivity index (χ2v) is 3.68. The van der Waals surface area contributed by atoms with Crippen molar-refractivity contribution in [2.24, 2.45) is 5.73 Å². The lowest BCUT2D eigenvalue weighted by molar-refractivity contribution is -0.0513. The SMILES string of the molecule is CC(N)(CC(O)O)S(=O)O. The molecule has 0 radical (unpaired) electrons. The number of aliphatic hydroxyl groups is 2. The highest BCUT2D eigenvalue weighted by Gasteiger charge is 2.27. The van der Waals surface area contributed by atoms with Crippen molar-refractivity contribution in [3.05, 3.63) is 0 Å². The monoisotopic (exact) mass is 169 g/mol. The first-order chi connectivity index (χ1) is 4.36. The van der Waals surface area contributed by atoms with E-state index in [2.05, 4.69) is 0 Å². The van der Waals surface area contributed by atoms with Gasteiger partial charge in [0.05, 0.1) is 0 Å². The molecule has 2 unspecified atom stereocenters. The number of aliphatic hydroxyl groups excluding tert-OH is 1. The number of rotatable bonds is 3. The van der Waals surface area contributed by atoms with Gasteiger partial charge in [0, 0.05) is 6.42 Å². The Hall–Kier alpha value is -0.0100. The summed E-state index contributed by atoms with van der Waals surface area (Å²) in [5.74, 6) is 0. The molecule has 0 aromatic heterocycles. The second kappa shape index (κ2) is 3.40. The summed E-state index contributed by atoms with van der Waals surface area (Å²) in [6.45, 7) is 1.27. The Balaban J connectivity index is 4.00. The average molecular weight is 169 g/mol. The maximum absolute atomic E-state index is 10.3. The maximum atomic E-state index is 10.3. The van der Waals surface area contributed by atoms with E-state index in [1.54, 1.807) is 0 Å². The average Bonchev–Trinajstić information content (AvgIpc) is 1.60. The van der Waals surface area contributed by atoms with Gasteiger partial charge in [-0.05, 0) is 6.92 Å². The Morgan fingerprint density at radius 2 is 2.10 bits per heavy atom. The summed E-state index contributed by atoms with van der Waals surface area (Å²) < 4.78 is 18.8. The van der Waals surface area contributed by atoms with Gasteiger partial charge < -0.3 is 20.5 Å². The number of hydrogen-bond acceptors (Lipinski definition) is 4. The highest BCUT2D eigenvalue weighted by molar-refractivity contribution is 7.80. The summed E-state index contributed by atoms with van der Waals surface area (Å²) in [4.78, 5) is -1.45. The van der Waals surface area contributed by atoms with E-state index in [4.69, 9.17) is 20.5 Å². The highest BCUT2D eigenvalue weighted by Crippen LogP contribution is 2.10. The molecule has 0 aliphatic carbocycles. The Bertz CT molecular complexity index is 135. The standard InChI is InChI=1S/C4H11NO4S/c1-4(5,10(8)9)2-3(6)7/h3,6-7H,2,5H2,1H3,(H,8,9). The molecule has 5 nitrogen and oxygen atoms in total. The molecule has 5 N–H and O–H groups in total. The van der Waals surface area contributed by atoms with E-state index in [1.807, 2.05) is 0 Å². The van der Waals surface area contributed by atoms with E-state index in [0.29, 0.717) is 0 Å². The zero-order chi connectivity index (χ0) is 8.36. The molecule has 0 aliphatic rings. The zero-order valence-corrected chi connectivity index (χ0v) is 6.34. The van der Waals surface area contributed by atoms with Crippen LogP contribution < -0.4 is 5.73 Å². The number of hydrogen-bond donors (Lipinski definition) is 4. The van der Waals surface area contributed by atoms with Gasteiger partial charge in [-0.1, -0.05) is 0 Å². The van der Waals surface area contributed by atoms with E-state index < -0.39 is 22.2 Å². The van der Waals surface area contributed by atoms with Crippen molar-refractivity contribution in [1.82, 2.24) is 0 Å². The van der Waals surface area contributed by atoms with Crippen molar-refractivity contribution in [3.63, 3.8) is 0 Å². The Morgan fingerprint density at radius 3 is 2.20 bits per heavy atom. The van der Waals surface area contributed by atoms with Gasteiger partial charge in [0.2, 0.25) is 0 Å². The largest absolute Gasteiger partial charge is 0.368 e. The predicted octanol–water partition coefficient (Wildman–Crippen LogP) is -1.42. The molecule has 0 fully saturated rings. The molecule has 0 spiro atoms. The van der Waals surface area contributed by atoms with Crippen LogP contribution in [0.2, 0.25) is 0 Å². The van der Waals surface area contributed by atoms with Crippen LogP contribution >= 0.6 is 0 Å². The normalized spacial score (nSPS) is 20.6. The summed E-state index contributed by atoms with van der Waals surface area (Å²) >= 11 is -2.24. The van der Waals surface area contributed by atoms with Gasteiger partial charge >= 0.3 is 0 Å². The fourth-order valence-electron chi connectivity index (χ4n) is 0.434. The third-order valence-electron chi connectivity index (χ3n) is 0.987. The molecule has 0 heterocycles. The van der Waals surface area contributed by atoms with Gasteiger partial charge in [0.15, 0.2) is 17.4 Å². The van der Waals surface area contributed by atoms with Gasteiger partial charge in [-0.3, -0.25) is 0 Å². The van der Waals surface area contributed by atoms with Crippen molar-refractivity contribution in [2.75, 3.05) is 0 Å². The molecule has 10 heavy (non-hydrogen) atoms. The molecule has 0 bridgehead atoms. The quantitative estimate of drug-likeness (QED) is 0.307. The van der Waals surface area contributed by atoms with Crippen LogP contribution in [-0.4, -0.2) is 30.1 Å². The van der Waals surface area contributed by atoms with E-state index in [-0.39, 0.29) is 6.42 Å². The molecule has 0 amide bonds.